The van der Waals surface area contributed by atoms with E-state index in [0.717, 1.165) is 12.1 Å². The molecule has 0 aliphatic carbocycles. The van der Waals surface area contributed by atoms with Crippen LogP contribution in [-0.2, 0) is 6.42 Å². The van der Waals surface area contributed by atoms with Gasteiger partial charge in [0.25, 0.3) is 0 Å². The van der Waals surface area contributed by atoms with Gasteiger partial charge in [0.05, 0.1) is 5.56 Å². The molecular formula is C20H21N5. The lowest BCUT2D eigenvalue weighted by atomic mass is 10.1. The molecule has 2 aromatic carbocycles. The van der Waals surface area contributed by atoms with Gasteiger partial charge in [-0.2, -0.15) is 0 Å². The van der Waals surface area contributed by atoms with Crippen LogP contribution in [0, 0.1) is 5.41 Å². The zero-order chi connectivity index (χ0) is 17.5. The van der Waals surface area contributed by atoms with E-state index in [9.17, 15) is 0 Å². The molecule has 3 N–H and O–H groups in total. The maximum atomic E-state index is 7.77. The molecule has 25 heavy (non-hydrogen) atoms. The van der Waals surface area contributed by atoms with Crippen molar-refractivity contribution in [1.29, 1.82) is 5.41 Å². The molecule has 5 nitrogen and oxygen atoms in total. The highest BCUT2D eigenvalue weighted by molar-refractivity contribution is 5.91. The largest absolute Gasteiger partial charge is 0.367 e. The summed E-state index contributed by atoms with van der Waals surface area (Å²) in [4.78, 5) is 8.60. The Kier molecular flexibility index (Phi) is 5.36. The summed E-state index contributed by atoms with van der Waals surface area (Å²) < 4.78 is 0. The molecule has 5 heteroatoms. The quantitative estimate of drug-likeness (QED) is 0.566. The van der Waals surface area contributed by atoms with Crippen molar-refractivity contribution in [3.63, 3.8) is 0 Å². The third kappa shape index (κ3) is 4.41. The molecule has 0 radical (unpaired) electrons. The minimum atomic E-state index is 0.181. The molecule has 0 bridgehead atoms. The van der Waals surface area contributed by atoms with Gasteiger partial charge in [-0.1, -0.05) is 48.5 Å². The first-order valence-corrected chi connectivity index (χ1v) is 8.24. The molecule has 0 fully saturated rings. The number of nitrogens with one attached hydrogen (secondary N) is 3. The molecule has 126 valence electrons. The highest BCUT2D eigenvalue weighted by Crippen LogP contribution is 2.22. The molecule has 0 spiro atoms. The topological polar surface area (TPSA) is 73.7 Å². The van der Waals surface area contributed by atoms with E-state index in [1.807, 2.05) is 48.5 Å². The van der Waals surface area contributed by atoms with Gasteiger partial charge in [-0.25, -0.2) is 9.97 Å². The van der Waals surface area contributed by atoms with Crippen LogP contribution in [-0.4, -0.2) is 22.2 Å². The maximum Gasteiger partial charge on any atom is 0.144 e. The van der Waals surface area contributed by atoms with Gasteiger partial charge in [-0.3, -0.25) is 0 Å². The molecule has 1 heterocycles. The summed E-state index contributed by atoms with van der Waals surface area (Å²) in [6.07, 6.45) is 3.67. The number of aromatic nitrogens is 2. The Labute approximate surface area is 147 Å². The van der Waals surface area contributed by atoms with Crippen LogP contribution < -0.4 is 10.6 Å². The Bertz CT molecular complexity index is 818. The smallest absolute Gasteiger partial charge is 0.144 e. The van der Waals surface area contributed by atoms with Gasteiger partial charge in [0.15, 0.2) is 0 Å². The van der Waals surface area contributed by atoms with Crippen molar-refractivity contribution in [2.24, 2.45) is 0 Å². The Hall–Kier alpha value is -3.21. The van der Waals surface area contributed by atoms with Gasteiger partial charge in [-0.15, -0.1) is 0 Å². The summed E-state index contributed by atoms with van der Waals surface area (Å²) in [5.41, 5.74) is 2.83. The van der Waals surface area contributed by atoms with Gasteiger partial charge in [-0.05, 0) is 31.0 Å². The highest BCUT2D eigenvalue weighted by Gasteiger charge is 2.12. The Morgan fingerprint density at radius 3 is 2.28 bits per heavy atom. The summed E-state index contributed by atoms with van der Waals surface area (Å²) in [7, 11) is 0. The van der Waals surface area contributed by atoms with E-state index in [1.54, 1.807) is 0 Å². The molecular weight excluding hydrogens is 310 g/mol. The maximum absolute atomic E-state index is 7.77. The van der Waals surface area contributed by atoms with E-state index in [4.69, 9.17) is 5.41 Å². The Balaban J connectivity index is 1.77. The van der Waals surface area contributed by atoms with E-state index in [1.165, 1.54) is 18.1 Å². The lowest BCUT2D eigenvalue weighted by Crippen LogP contribution is -2.20. The SMILES string of the molecule is CC(Cc1ccccc1)Nc1ncnc(Nc2ccccc2)c1C=N. The summed E-state index contributed by atoms with van der Waals surface area (Å²) in [6.45, 7) is 2.10. The van der Waals surface area contributed by atoms with Gasteiger partial charge in [0.2, 0.25) is 0 Å². The van der Waals surface area contributed by atoms with E-state index in [2.05, 4.69) is 39.7 Å². The molecule has 0 saturated heterocycles. The number of hydrogen-bond acceptors (Lipinski definition) is 5. The van der Waals surface area contributed by atoms with Crippen molar-refractivity contribution in [1.82, 2.24) is 9.97 Å². The summed E-state index contributed by atoms with van der Waals surface area (Å²) >= 11 is 0. The van der Waals surface area contributed by atoms with Gasteiger partial charge in [0, 0.05) is 17.9 Å². The van der Waals surface area contributed by atoms with Crippen molar-refractivity contribution in [2.45, 2.75) is 19.4 Å². The van der Waals surface area contributed by atoms with Crippen molar-refractivity contribution in [2.75, 3.05) is 10.6 Å². The van der Waals surface area contributed by atoms with E-state index >= 15 is 0 Å². The minimum Gasteiger partial charge on any atom is -0.367 e. The second kappa shape index (κ2) is 8.06. The zero-order valence-electron chi connectivity index (χ0n) is 14.1. The molecule has 1 atom stereocenters. The van der Waals surface area contributed by atoms with Gasteiger partial charge >= 0.3 is 0 Å². The van der Waals surface area contributed by atoms with Crippen LogP contribution in [0.1, 0.15) is 18.1 Å². The average molecular weight is 331 g/mol. The first kappa shape index (κ1) is 16.6. The monoisotopic (exact) mass is 331 g/mol. The second-order valence-corrected chi connectivity index (χ2v) is 5.86. The number of hydrogen-bond donors (Lipinski definition) is 3. The molecule has 3 aromatic rings. The molecule has 0 aliphatic rings. The highest BCUT2D eigenvalue weighted by atomic mass is 15.1. The minimum absolute atomic E-state index is 0.181. The number of rotatable bonds is 7. The fraction of sp³-hybridized carbons (Fsp3) is 0.150. The predicted octanol–water partition coefficient (Wildman–Crippen LogP) is 4.26. The fourth-order valence-corrected chi connectivity index (χ4v) is 2.66. The van der Waals surface area contributed by atoms with Crippen LogP contribution in [0.3, 0.4) is 0 Å². The molecule has 1 unspecified atom stereocenters. The fourth-order valence-electron chi connectivity index (χ4n) is 2.66. The van der Waals surface area contributed by atoms with Crippen LogP contribution in [0.15, 0.2) is 67.0 Å². The number of benzene rings is 2. The Morgan fingerprint density at radius 2 is 1.60 bits per heavy atom. The van der Waals surface area contributed by atoms with Crippen molar-refractivity contribution >= 4 is 23.5 Å². The van der Waals surface area contributed by atoms with Crippen LogP contribution in [0.25, 0.3) is 0 Å². The van der Waals surface area contributed by atoms with Crippen molar-refractivity contribution < 1.29 is 0 Å². The van der Waals surface area contributed by atoms with Gasteiger partial charge in [0.1, 0.15) is 18.0 Å². The summed E-state index contributed by atoms with van der Waals surface area (Å²) in [5.74, 6) is 1.28. The first-order chi connectivity index (χ1) is 12.3. The first-order valence-electron chi connectivity index (χ1n) is 8.24. The van der Waals surface area contributed by atoms with Gasteiger partial charge < -0.3 is 16.0 Å². The Morgan fingerprint density at radius 1 is 0.960 bits per heavy atom. The third-order valence-corrected chi connectivity index (χ3v) is 3.83. The molecule has 3 rings (SSSR count). The van der Waals surface area contributed by atoms with E-state index < -0.39 is 0 Å². The lowest BCUT2D eigenvalue weighted by Gasteiger charge is -2.17. The summed E-state index contributed by atoms with van der Waals surface area (Å²) in [6, 6.07) is 20.3. The predicted molar refractivity (Wildman–Crippen MR) is 103 cm³/mol. The zero-order valence-corrected chi connectivity index (χ0v) is 14.1. The molecule has 0 aliphatic heterocycles. The van der Waals surface area contributed by atoms with Crippen LogP contribution >= 0.6 is 0 Å². The lowest BCUT2D eigenvalue weighted by molar-refractivity contribution is 0.783. The average Bonchev–Trinajstić information content (AvgIpc) is 2.63. The van der Waals surface area contributed by atoms with E-state index in [-0.39, 0.29) is 6.04 Å². The molecule has 1 aromatic heterocycles. The number of nitrogens with zero attached hydrogens (tertiary/aromatic N) is 2. The standard InChI is InChI=1S/C20H21N5/c1-15(12-16-8-4-2-5-9-16)24-19-18(13-21)20(23-14-22-19)25-17-10-6-3-7-11-17/h2-11,13-15,21H,12H2,1H3,(H2,22,23,24,25). The molecule has 0 saturated carbocycles. The summed E-state index contributed by atoms with van der Waals surface area (Å²) in [5, 5.41) is 14.4. The molecule has 0 amide bonds. The van der Waals surface area contributed by atoms with Crippen LogP contribution in [0.2, 0.25) is 0 Å². The number of anilines is 3. The third-order valence-electron chi connectivity index (χ3n) is 3.83. The van der Waals surface area contributed by atoms with Crippen LogP contribution in [0.4, 0.5) is 17.3 Å². The number of para-hydroxylation sites is 1. The van der Waals surface area contributed by atoms with Crippen LogP contribution in [0.5, 0.6) is 0 Å². The normalized spacial score (nSPS) is 11.6. The second-order valence-electron chi connectivity index (χ2n) is 5.86. The van der Waals surface area contributed by atoms with E-state index in [0.29, 0.717) is 17.2 Å². The van der Waals surface area contributed by atoms with Crippen molar-refractivity contribution in [3.05, 3.63) is 78.1 Å². The van der Waals surface area contributed by atoms with Crippen molar-refractivity contribution in [3.8, 4) is 0 Å².